The summed E-state index contributed by atoms with van der Waals surface area (Å²) in [5.74, 6) is 1.75. The van der Waals surface area contributed by atoms with Crippen LogP contribution in [0.25, 0.3) is 22.6 Å². The Hall–Kier alpha value is -2.79. The van der Waals surface area contributed by atoms with E-state index in [1.165, 1.54) is 5.56 Å². The molecule has 0 bridgehead atoms. The molecule has 3 heterocycles. The van der Waals surface area contributed by atoms with Gasteiger partial charge >= 0.3 is 0 Å². The molecule has 1 aromatic carbocycles. The summed E-state index contributed by atoms with van der Waals surface area (Å²) in [6, 6.07) is 14.4. The summed E-state index contributed by atoms with van der Waals surface area (Å²) < 4.78 is 0. The van der Waals surface area contributed by atoms with Gasteiger partial charge < -0.3 is 10.2 Å². The second-order valence-corrected chi connectivity index (χ2v) is 6.27. The number of nitrogens with one attached hydrogen (secondary N) is 1. The van der Waals surface area contributed by atoms with E-state index >= 15 is 0 Å². The number of benzene rings is 1. The van der Waals surface area contributed by atoms with Crippen LogP contribution in [-0.2, 0) is 0 Å². The lowest BCUT2D eigenvalue weighted by Crippen LogP contribution is -2.44. The average molecular weight is 331 g/mol. The van der Waals surface area contributed by atoms with E-state index in [-0.39, 0.29) is 0 Å². The van der Waals surface area contributed by atoms with Gasteiger partial charge in [0.2, 0.25) is 0 Å². The van der Waals surface area contributed by atoms with Crippen molar-refractivity contribution in [3.63, 3.8) is 0 Å². The second kappa shape index (κ2) is 6.99. The summed E-state index contributed by atoms with van der Waals surface area (Å²) in [6.45, 7) is 5.97. The topological polar surface area (TPSA) is 53.9 Å². The lowest BCUT2D eigenvalue weighted by atomic mass is 10.1. The molecule has 1 aliphatic rings. The Labute approximate surface area is 147 Å². The number of pyridine rings is 1. The molecule has 2 aromatic heterocycles. The number of nitrogens with zero attached hydrogens (tertiary/aromatic N) is 4. The van der Waals surface area contributed by atoms with E-state index < -0.39 is 0 Å². The van der Waals surface area contributed by atoms with E-state index in [2.05, 4.69) is 52.5 Å². The molecule has 3 aromatic rings. The van der Waals surface area contributed by atoms with Crippen LogP contribution >= 0.6 is 0 Å². The molecule has 1 N–H and O–H groups in total. The third kappa shape index (κ3) is 3.51. The lowest BCUT2D eigenvalue weighted by molar-refractivity contribution is 0.585. The number of aryl methyl sites for hydroxylation is 1. The molecule has 0 saturated carbocycles. The van der Waals surface area contributed by atoms with Crippen LogP contribution in [0, 0.1) is 6.92 Å². The van der Waals surface area contributed by atoms with Crippen molar-refractivity contribution in [3.05, 3.63) is 60.4 Å². The van der Waals surface area contributed by atoms with Gasteiger partial charge in [-0.2, -0.15) is 0 Å². The maximum Gasteiger partial charge on any atom is 0.162 e. The first kappa shape index (κ1) is 15.7. The third-order valence-corrected chi connectivity index (χ3v) is 4.44. The summed E-state index contributed by atoms with van der Waals surface area (Å²) in [7, 11) is 0. The zero-order chi connectivity index (χ0) is 17.1. The van der Waals surface area contributed by atoms with Gasteiger partial charge in [0.25, 0.3) is 0 Å². The molecule has 1 saturated heterocycles. The van der Waals surface area contributed by atoms with Crippen LogP contribution in [0.15, 0.2) is 54.9 Å². The first-order chi connectivity index (χ1) is 12.3. The van der Waals surface area contributed by atoms with Crippen molar-refractivity contribution < 1.29 is 0 Å². The van der Waals surface area contributed by atoms with E-state index in [0.717, 1.165) is 54.6 Å². The van der Waals surface area contributed by atoms with Crippen molar-refractivity contribution in [1.29, 1.82) is 0 Å². The number of aromatic nitrogens is 3. The monoisotopic (exact) mass is 331 g/mol. The Morgan fingerprint density at radius 1 is 0.880 bits per heavy atom. The van der Waals surface area contributed by atoms with E-state index in [4.69, 9.17) is 9.97 Å². The maximum absolute atomic E-state index is 4.85. The van der Waals surface area contributed by atoms with Crippen molar-refractivity contribution in [2.45, 2.75) is 6.92 Å². The molecule has 25 heavy (non-hydrogen) atoms. The SMILES string of the molecule is Cc1ccc(-c2nc(-c3ccncc3)cc(N3CCNCC3)n2)cc1. The standard InChI is InChI=1S/C20H21N5/c1-15-2-4-17(5-3-15)20-23-18(16-6-8-21-9-7-16)14-19(24-20)25-12-10-22-11-13-25/h2-9,14,22H,10-13H2,1H3. The highest BCUT2D eigenvalue weighted by Gasteiger charge is 2.15. The molecule has 0 unspecified atom stereocenters. The van der Waals surface area contributed by atoms with Gasteiger partial charge in [-0.05, 0) is 19.1 Å². The highest BCUT2D eigenvalue weighted by molar-refractivity contribution is 5.67. The molecular weight excluding hydrogens is 310 g/mol. The Bertz CT molecular complexity index is 840. The van der Waals surface area contributed by atoms with Crippen LogP contribution in [0.3, 0.4) is 0 Å². The molecule has 4 rings (SSSR count). The summed E-state index contributed by atoms with van der Waals surface area (Å²) in [5, 5.41) is 3.39. The number of rotatable bonds is 3. The Morgan fingerprint density at radius 2 is 1.60 bits per heavy atom. The van der Waals surface area contributed by atoms with Crippen molar-refractivity contribution in [3.8, 4) is 22.6 Å². The Balaban J connectivity index is 1.81. The zero-order valence-corrected chi connectivity index (χ0v) is 14.3. The fraction of sp³-hybridized carbons (Fsp3) is 0.250. The van der Waals surface area contributed by atoms with Crippen molar-refractivity contribution in [2.24, 2.45) is 0 Å². The predicted octanol–water partition coefficient (Wildman–Crippen LogP) is 2.92. The Morgan fingerprint density at radius 3 is 2.32 bits per heavy atom. The minimum atomic E-state index is 0.767. The molecule has 0 spiro atoms. The van der Waals surface area contributed by atoms with Crippen LogP contribution in [-0.4, -0.2) is 41.1 Å². The summed E-state index contributed by atoms with van der Waals surface area (Å²) >= 11 is 0. The van der Waals surface area contributed by atoms with E-state index in [9.17, 15) is 0 Å². The van der Waals surface area contributed by atoms with E-state index in [1.54, 1.807) is 12.4 Å². The summed E-state index contributed by atoms with van der Waals surface area (Å²) in [5.41, 5.74) is 4.26. The molecule has 5 nitrogen and oxygen atoms in total. The number of piperazine rings is 1. The quantitative estimate of drug-likeness (QED) is 0.800. The molecular formula is C20H21N5. The third-order valence-electron chi connectivity index (χ3n) is 4.44. The first-order valence-corrected chi connectivity index (χ1v) is 8.62. The van der Waals surface area contributed by atoms with Gasteiger partial charge in [0.05, 0.1) is 5.69 Å². The van der Waals surface area contributed by atoms with Gasteiger partial charge in [0, 0.05) is 55.8 Å². The number of hydrogen-bond acceptors (Lipinski definition) is 5. The van der Waals surface area contributed by atoms with Crippen molar-refractivity contribution >= 4 is 5.82 Å². The van der Waals surface area contributed by atoms with Crippen LogP contribution in [0.4, 0.5) is 5.82 Å². The number of hydrogen-bond donors (Lipinski definition) is 1. The largest absolute Gasteiger partial charge is 0.354 e. The fourth-order valence-electron chi connectivity index (χ4n) is 2.99. The molecule has 0 radical (unpaired) electrons. The normalized spacial score (nSPS) is 14.5. The van der Waals surface area contributed by atoms with Crippen LogP contribution in [0.2, 0.25) is 0 Å². The predicted molar refractivity (Wildman–Crippen MR) is 101 cm³/mol. The van der Waals surface area contributed by atoms with E-state index in [1.807, 2.05) is 12.1 Å². The molecule has 1 aliphatic heterocycles. The van der Waals surface area contributed by atoms with Crippen molar-refractivity contribution in [2.75, 3.05) is 31.1 Å². The highest BCUT2D eigenvalue weighted by Crippen LogP contribution is 2.26. The van der Waals surface area contributed by atoms with Gasteiger partial charge in [0.15, 0.2) is 5.82 Å². The van der Waals surface area contributed by atoms with Gasteiger partial charge in [-0.1, -0.05) is 29.8 Å². The first-order valence-electron chi connectivity index (χ1n) is 8.62. The molecule has 0 amide bonds. The van der Waals surface area contributed by atoms with Gasteiger partial charge in [-0.15, -0.1) is 0 Å². The second-order valence-electron chi connectivity index (χ2n) is 6.27. The molecule has 1 fully saturated rings. The van der Waals surface area contributed by atoms with Crippen LogP contribution in [0.5, 0.6) is 0 Å². The highest BCUT2D eigenvalue weighted by atomic mass is 15.2. The maximum atomic E-state index is 4.85. The van der Waals surface area contributed by atoms with Gasteiger partial charge in [0.1, 0.15) is 5.82 Å². The summed E-state index contributed by atoms with van der Waals surface area (Å²) in [4.78, 5) is 16.1. The van der Waals surface area contributed by atoms with E-state index in [0.29, 0.717) is 0 Å². The molecule has 126 valence electrons. The van der Waals surface area contributed by atoms with Crippen LogP contribution < -0.4 is 10.2 Å². The van der Waals surface area contributed by atoms with Gasteiger partial charge in [-0.3, -0.25) is 4.98 Å². The molecule has 0 aliphatic carbocycles. The Kier molecular flexibility index (Phi) is 4.39. The fourth-order valence-corrected chi connectivity index (χ4v) is 2.99. The molecule has 0 atom stereocenters. The minimum absolute atomic E-state index is 0.767. The minimum Gasteiger partial charge on any atom is -0.354 e. The number of anilines is 1. The summed E-state index contributed by atoms with van der Waals surface area (Å²) in [6.07, 6.45) is 3.60. The smallest absolute Gasteiger partial charge is 0.162 e. The van der Waals surface area contributed by atoms with Gasteiger partial charge in [-0.25, -0.2) is 9.97 Å². The lowest BCUT2D eigenvalue weighted by Gasteiger charge is -2.29. The zero-order valence-electron chi connectivity index (χ0n) is 14.3. The average Bonchev–Trinajstić information content (AvgIpc) is 2.69. The van der Waals surface area contributed by atoms with Crippen LogP contribution in [0.1, 0.15) is 5.56 Å². The van der Waals surface area contributed by atoms with Crippen molar-refractivity contribution in [1.82, 2.24) is 20.3 Å². The molecule has 5 heteroatoms.